The topological polar surface area (TPSA) is 95.9 Å². The molecule has 7 nitrogen and oxygen atoms in total. The Labute approximate surface area is 167 Å². The molecule has 0 bridgehead atoms. The van der Waals surface area contributed by atoms with E-state index in [0.717, 1.165) is 32.5 Å². The number of sulfonamides is 1. The number of likely N-dealkylation sites (tertiary alicyclic amines) is 1. The van der Waals surface area contributed by atoms with E-state index in [1.165, 1.54) is 11.8 Å². The lowest BCUT2D eigenvalue weighted by Crippen LogP contribution is -2.64. The summed E-state index contributed by atoms with van der Waals surface area (Å²) in [7, 11) is -3.10. The van der Waals surface area contributed by atoms with Crippen molar-refractivity contribution in [1.29, 1.82) is 0 Å². The molecule has 0 aromatic heterocycles. The van der Waals surface area contributed by atoms with Crippen LogP contribution >= 0.6 is 0 Å². The zero-order valence-corrected chi connectivity index (χ0v) is 16.8. The SMILES string of the molecule is CS(=O)(=O)NCC1CCC2(CN(Cc3ccccc3)C2)OC1.O=C(O)C(F)(F)F. The molecule has 0 radical (unpaired) electrons. The van der Waals surface area contributed by atoms with Gasteiger partial charge in [0, 0.05) is 26.2 Å². The maximum absolute atomic E-state index is 11.1. The molecular formula is C18H25F3N2O5S. The van der Waals surface area contributed by atoms with Gasteiger partial charge in [0.15, 0.2) is 0 Å². The summed E-state index contributed by atoms with van der Waals surface area (Å²) in [5.41, 5.74) is 1.35. The van der Waals surface area contributed by atoms with Crippen LogP contribution in [0.4, 0.5) is 13.2 Å². The summed E-state index contributed by atoms with van der Waals surface area (Å²) in [6.07, 6.45) is -1.83. The summed E-state index contributed by atoms with van der Waals surface area (Å²) in [6, 6.07) is 10.5. The number of aliphatic carboxylic acids is 1. The van der Waals surface area contributed by atoms with Gasteiger partial charge in [0.2, 0.25) is 10.0 Å². The number of rotatable bonds is 5. The van der Waals surface area contributed by atoms with Gasteiger partial charge in [-0.15, -0.1) is 0 Å². The molecule has 11 heteroatoms. The van der Waals surface area contributed by atoms with Gasteiger partial charge in [0.1, 0.15) is 0 Å². The van der Waals surface area contributed by atoms with E-state index in [-0.39, 0.29) is 5.60 Å². The van der Waals surface area contributed by atoms with Gasteiger partial charge in [-0.25, -0.2) is 17.9 Å². The molecule has 2 aliphatic heterocycles. The van der Waals surface area contributed by atoms with Gasteiger partial charge < -0.3 is 9.84 Å². The van der Waals surface area contributed by atoms with Gasteiger partial charge >= 0.3 is 12.1 Å². The maximum atomic E-state index is 11.1. The lowest BCUT2D eigenvalue weighted by molar-refractivity contribution is -0.192. The first-order valence-corrected chi connectivity index (χ1v) is 10.9. The number of carboxylic acids is 1. The molecule has 1 aromatic carbocycles. The smallest absolute Gasteiger partial charge is 0.475 e. The number of ether oxygens (including phenoxy) is 1. The molecule has 3 rings (SSSR count). The molecule has 1 aromatic rings. The molecule has 0 saturated carbocycles. The van der Waals surface area contributed by atoms with Crippen molar-refractivity contribution < 1.29 is 36.2 Å². The van der Waals surface area contributed by atoms with Gasteiger partial charge in [-0.1, -0.05) is 30.3 Å². The standard InChI is InChI=1S/C16H24N2O3S.C2HF3O2/c1-22(19,20)17-9-15-7-8-16(21-11-15)12-18(13-16)10-14-5-3-2-4-6-14;3-2(4,5)1(6)7/h2-6,15,17H,7-13H2,1H3;(H,6,7). The Balaban J connectivity index is 0.000000370. The van der Waals surface area contributed by atoms with Crippen molar-refractivity contribution in [3.05, 3.63) is 35.9 Å². The summed E-state index contributed by atoms with van der Waals surface area (Å²) >= 11 is 0. The Bertz CT molecular complexity index is 770. The van der Waals surface area contributed by atoms with Crippen LogP contribution in [0, 0.1) is 5.92 Å². The molecule has 29 heavy (non-hydrogen) atoms. The van der Waals surface area contributed by atoms with Gasteiger partial charge in [-0.05, 0) is 24.3 Å². The zero-order chi connectivity index (χ0) is 21.7. The third-order valence-corrected chi connectivity index (χ3v) is 5.47. The highest BCUT2D eigenvalue weighted by molar-refractivity contribution is 7.88. The highest BCUT2D eigenvalue weighted by Gasteiger charge is 2.46. The molecule has 1 unspecified atom stereocenters. The van der Waals surface area contributed by atoms with Crippen LogP contribution in [0.15, 0.2) is 30.3 Å². The highest BCUT2D eigenvalue weighted by Crippen LogP contribution is 2.36. The summed E-state index contributed by atoms with van der Waals surface area (Å²) in [4.78, 5) is 11.3. The lowest BCUT2D eigenvalue weighted by atomic mass is 9.83. The molecule has 2 aliphatic rings. The van der Waals surface area contributed by atoms with Crippen LogP contribution in [-0.4, -0.2) is 68.7 Å². The maximum Gasteiger partial charge on any atom is 0.490 e. The fourth-order valence-corrected chi connectivity index (χ4v) is 3.86. The number of carboxylic acid groups (broad SMARTS) is 1. The number of alkyl halides is 3. The molecule has 164 valence electrons. The van der Waals surface area contributed by atoms with E-state index in [1.807, 2.05) is 6.07 Å². The molecule has 2 fully saturated rings. The van der Waals surface area contributed by atoms with E-state index >= 15 is 0 Å². The van der Waals surface area contributed by atoms with Gasteiger partial charge in [0.25, 0.3) is 0 Å². The Morgan fingerprint density at radius 2 is 1.90 bits per heavy atom. The lowest BCUT2D eigenvalue weighted by Gasteiger charge is -2.53. The van der Waals surface area contributed by atoms with E-state index in [0.29, 0.717) is 19.1 Å². The Kier molecular flexibility index (Phi) is 7.66. The molecule has 1 spiro atoms. The Morgan fingerprint density at radius 3 is 2.34 bits per heavy atom. The van der Waals surface area contributed by atoms with Gasteiger partial charge in [0.05, 0.1) is 18.5 Å². The van der Waals surface area contributed by atoms with Crippen LogP contribution < -0.4 is 4.72 Å². The van der Waals surface area contributed by atoms with Crippen LogP contribution in [-0.2, 0) is 26.1 Å². The van der Waals surface area contributed by atoms with Crippen LogP contribution in [0.25, 0.3) is 0 Å². The second-order valence-corrected chi connectivity index (χ2v) is 9.29. The number of carbonyl (C=O) groups is 1. The summed E-state index contributed by atoms with van der Waals surface area (Å²) < 4.78 is 62.6. The van der Waals surface area contributed by atoms with Crippen LogP contribution in [0.3, 0.4) is 0 Å². The van der Waals surface area contributed by atoms with E-state index in [1.54, 1.807) is 0 Å². The Morgan fingerprint density at radius 1 is 1.31 bits per heavy atom. The number of nitrogens with one attached hydrogen (secondary N) is 1. The minimum atomic E-state index is -5.08. The second-order valence-electron chi connectivity index (χ2n) is 7.45. The van der Waals surface area contributed by atoms with Crippen molar-refractivity contribution >= 4 is 16.0 Å². The van der Waals surface area contributed by atoms with Crippen molar-refractivity contribution in [1.82, 2.24) is 9.62 Å². The predicted octanol–water partition coefficient (Wildman–Crippen LogP) is 1.85. The molecule has 2 N–H and O–H groups in total. The fraction of sp³-hybridized carbons (Fsp3) is 0.611. The predicted molar refractivity (Wildman–Crippen MR) is 99.7 cm³/mol. The van der Waals surface area contributed by atoms with Crippen molar-refractivity contribution in [3.63, 3.8) is 0 Å². The van der Waals surface area contributed by atoms with E-state index in [4.69, 9.17) is 14.6 Å². The summed E-state index contributed by atoms with van der Waals surface area (Å²) in [6.45, 7) is 4.08. The molecule has 0 aliphatic carbocycles. The van der Waals surface area contributed by atoms with Gasteiger partial charge in [-0.2, -0.15) is 13.2 Å². The quantitative estimate of drug-likeness (QED) is 0.729. The van der Waals surface area contributed by atoms with E-state index < -0.39 is 22.2 Å². The van der Waals surface area contributed by atoms with Crippen molar-refractivity contribution in [2.75, 3.05) is 32.5 Å². The Hall–Kier alpha value is -1.69. The first-order chi connectivity index (χ1) is 13.4. The van der Waals surface area contributed by atoms with Gasteiger partial charge in [-0.3, -0.25) is 4.90 Å². The number of nitrogens with zero attached hydrogens (tertiary/aromatic N) is 1. The van der Waals surface area contributed by atoms with E-state index in [9.17, 15) is 21.6 Å². The van der Waals surface area contributed by atoms with Crippen LogP contribution in [0.2, 0.25) is 0 Å². The molecule has 2 heterocycles. The number of hydrogen-bond acceptors (Lipinski definition) is 5. The zero-order valence-electron chi connectivity index (χ0n) is 16.0. The van der Waals surface area contributed by atoms with Crippen molar-refractivity contribution in [2.24, 2.45) is 5.92 Å². The molecule has 0 amide bonds. The first kappa shape index (κ1) is 23.6. The van der Waals surface area contributed by atoms with E-state index in [2.05, 4.69) is 33.9 Å². The molecular weight excluding hydrogens is 413 g/mol. The third kappa shape index (κ3) is 7.92. The average Bonchev–Trinajstić information content (AvgIpc) is 2.60. The van der Waals surface area contributed by atoms with Crippen LogP contribution in [0.5, 0.6) is 0 Å². The third-order valence-electron chi connectivity index (χ3n) is 4.78. The minimum absolute atomic E-state index is 0.0103. The monoisotopic (exact) mass is 438 g/mol. The number of benzene rings is 1. The summed E-state index contributed by atoms with van der Waals surface area (Å²) in [5, 5.41) is 7.12. The number of halogens is 3. The first-order valence-electron chi connectivity index (χ1n) is 9.04. The summed E-state index contributed by atoms with van der Waals surface area (Å²) in [5.74, 6) is -2.46. The largest absolute Gasteiger partial charge is 0.490 e. The molecule has 1 atom stereocenters. The van der Waals surface area contributed by atoms with Crippen molar-refractivity contribution in [2.45, 2.75) is 31.2 Å². The van der Waals surface area contributed by atoms with Crippen molar-refractivity contribution in [3.8, 4) is 0 Å². The molecule has 2 saturated heterocycles. The highest BCUT2D eigenvalue weighted by atomic mass is 32.2. The van der Waals surface area contributed by atoms with Crippen LogP contribution in [0.1, 0.15) is 18.4 Å². The normalized spacial score (nSPS) is 21.7. The second kappa shape index (κ2) is 9.41. The minimum Gasteiger partial charge on any atom is -0.475 e. The number of hydrogen-bond donors (Lipinski definition) is 2. The fourth-order valence-electron chi connectivity index (χ4n) is 3.32. The average molecular weight is 438 g/mol.